The molecule has 0 fully saturated rings. The van der Waals surface area contributed by atoms with Crippen LogP contribution in [0.5, 0.6) is 0 Å². The van der Waals surface area contributed by atoms with Crippen LogP contribution < -0.4 is 5.32 Å². The quantitative estimate of drug-likeness (QED) is 0.717. The Balaban J connectivity index is 2.66. The van der Waals surface area contributed by atoms with Gasteiger partial charge in [0, 0.05) is 13.3 Å². The molecule has 4 nitrogen and oxygen atoms in total. The van der Waals surface area contributed by atoms with E-state index in [-0.39, 0.29) is 6.23 Å². The molecule has 0 bridgehead atoms. The Kier molecular flexibility index (Phi) is 3.13. The van der Waals surface area contributed by atoms with Gasteiger partial charge in [-0.15, -0.1) is 0 Å². The lowest BCUT2D eigenvalue weighted by Crippen LogP contribution is -2.28. The number of methoxy groups -OCH3 is 2. The van der Waals surface area contributed by atoms with Crippen LogP contribution in [0.4, 0.5) is 0 Å². The number of amidine groups is 1. The summed E-state index contributed by atoms with van der Waals surface area (Å²) in [6, 6.07) is 0.484. The third-order valence-corrected chi connectivity index (χ3v) is 2.06. The second kappa shape index (κ2) is 3.91. The highest BCUT2D eigenvalue weighted by atomic mass is 127. The van der Waals surface area contributed by atoms with Crippen molar-refractivity contribution in [3.63, 3.8) is 0 Å². The van der Waals surface area contributed by atoms with E-state index in [4.69, 9.17) is 9.47 Å². The van der Waals surface area contributed by atoms with Crippen LogP contribution in [0.3, 0.4) is 0 Å². The van der Waals surface area contributed by atoms with Crippen molar-refractivity contribution < 1.29 is 9.47 Å². The molecule has 62 valence electrons. The second-order valence-corrected chi connectivity index (χ2v) is 3.15. The lowest BCUT2D eigenvalue weighted by atomic mass is 10.5. The van der Waals surface area contributed by atoms with Crippen LogP contribution in [0.25, 0.3) is 0 Å². The normalized spacial score (nSPS) is 23.4. The molecule has 0 radical (unpaired) electrons. The molecule has 0 aromatic carbocycles. The van der Waals surface area contributed by atoms with E-state index in [0.29, 0.717) is 6.02 Å². The van der Waals surface area contributed by atoms with Gasteiger partial charge in [0.15, 0.2) is 6.23 Å². The standard InChI is InChI=1S/C6H9IN2O2/c1-10-5-4(7)3-8-6(9-5)11-2/h3,5H,1-2H3,(H,8,9). The van der Waals surface area contributed by atoms with Gasteiger partial charge in [-0.3, -0.25) is 0 Å². The molecule has 0 saturated heterocycles. The fraction of sp³-hybridized carbons (Fsp3) is 0.500. The topological polar surface area (TPSA) is 42.9 Å². The number of rotatable bonds is 1. The Hall–Kier alpha value is -0.300. The highest BCUT2D eigenvalue weighted by Crippen LogP contribution is 2.17. The maximum atomic E-state index is 5.05. The van der Waals surface area contributed by atoms with E-state index in [1.54, 1.807) is 20.4 Å². The smallest absolute Gasteiger partial charge is 0.291 e. The number of hydrogen-bond acceptors (Lipinski definition) is 4. The molecule has 0 amide bonds. The lowest BCUT2D eigenvalue weighted by molar-refractivity contribution is 0.141. The molecule has 1 unspecified atom stereocenters. The Morgan fingerprint density at radius 3 is 2.91 bits per heavy atom. The molecule has 1 heterocycles. The SMILES string of the molecule is COC1=NC(OC)C(I)=CN1. The first-order valence-electron chi connectivity index (χ1n) is 3.04. The van der Waals surface area contributed by atoms with E-state index in [2.05, 4.69) is 32.9 Å². The summed E-state index contributed by atoms with van der Waals surface area (Å²) in [6.45, 7) is 0. The predicted octanol–water partition coefficient (Wildman–Crippen LogP) is 0.841. The molecule has 11 heavy (non-hydrogen) atoms. The van der Waals surface area contributed by atoms with E-state index >= 15 is 0 Å². The maximum absolute atomic E-state index is 5.05. The summed E-state index contributed by atoms with van der Waals surface area (Å²) in [5, 5.41) is 2.86. The molecular weight excluding hydrogens is 259 g/mol. The molecule has 1 atom stereocenters. The van der Waals surface area contributed by atoms with Crippen LogP contribution in [0.1, 0.15) is 0 Å². The van der Waals surface area contributed by atoms with Gasteiger partial charge in [-0.1, -0.05) is 0 Å². The van der Waals surface area contributed by atoms with Crippen molar-refractivity contribution in [3.05, 3.63) is 9.78 Å². The van der Waals surface area contributed by atoms with Crippen molar-refractivity contribution in [2.45, 2.75) is 6.23 Å². The fourth-order valence-electron chi connectivity index (χ4n) is 0.684. The third-order valence-electron chi connectivity index (χ3n) is 1.22. The highest BCUT2D eigenvalue weighted by Gasteiger charge is 2.15. The first-order valence-corrected chi connectivity index (χ1v) is 4.12. The van der Waals surface area contributed by atoms with Gasteiger partial charge in [0.2, 0.25) is 0 Å². The Morgan fingerprint density at radius 2 is 2.36 bits per heavy atom. The molecular formula is C6H9IN2O2. The van der Waals surface area contributed by atoms with Crippen LogP contribution >= 0.6 is 22.6 Å². The summed E-state index contributed by atoms with van der Waals surface area (Å²) in [7, 11) is 3.17. The van der Waals surface area contributed by atoms with E-state index in [9.17, 15) is 0 Å². The largest absolute Gasteiger partial charge is 0.468 e. The summed E-state index contributed by atoms with van der Waals surface area (Å²) in [5.41, 5.74) is 0. The number of ether oxygens (including phenoxy) is 2. The van der Waals surface area contributed by atoms with Gasteiger partial charge in [0.25, 0.3) is 6.02 Å². The zero-order valence-electron chi connectivity index (χ0n) is 6.30. The summed E-state index contributed by atoms with van der Waals surface area (Å²) < 4.78 is 10.9. The number of aliphatic imine (C=N–C) groups is 1. The van der Waals surface area contributed by atoms with Crippen molar-refractivity contribution in [1.29, 1.82) is 0 Å². The van der Waals surface area contributed by atoms with E-state index in [1.165, 1.54) is 0 Å². The molecule has 1 aliphatic heterocycles. The van der Waals surface area contributed by atoms with Gasteiger partial charge < -0.3 is 14.8 Å². The molecule has 1 rings (SSSR count). The Labute approximate surface area is 78.8 Å². The first-order chi connectivity index (χ1) is 5.27. The molecule has 0 saturated carbocycles. The van der Waals surface area contributed by atoms with Gasteiger partial charge in [-0.2, -0.15) is 4.99 Å². The van der Waals surface area contributed by atoms with Gasteiger partial charge in [0.1, 0.15) is 0 Å². The minimum atomic E-state index is -0.216. The average molecular weight is 268 g/mol. The summed E-state index contributed by atoms with van der Waals surface area (Å²) >= 11 is 2.16. The molecule has 0 aromatic heterocycles. The Bertz CT molecular complexity index is 203. The lowest BCUT2D eigenvalue weighted by Gasteiger charge is -2.16. The van der Waals surface area contributed by atoms with E-state index in [1.807, 2.05) is 0 Å². The molecule has 0 spiro atoms. The van der Waals surface area contributed by atoms with Crippen LogP contribution in [0.2, 0.25) is 0 Å². The molecule has 1 aliphatic rings. The third kappa shape index (κ3) is 2.06. The number of nitrogens with one attached hydrogen (secondary N) is 1. The molecule has 5 heteroatoms. The van der Waals surface area contributed by atoms with Gasteiger partial charge >= 0.3 is 0 Å². The number of hydrogen-bond donors (Lipinski definition) is 1. The summed E-state index contributed by atoms with van der Waals surface area (Å²) in [4.78, 5) is 4.09. The van der Waals surface area contributed by atoms with E-state index < -0.39 is 0 Å². The van der Waals surface area contributed by atoms with Crippen LogP contribution in [0, 0.1) is 0 Å². The van der Waals surface area contributed by atoms with Crippen molar-refractivity contribution in [3.8, 4) is 0 Å². The van der Waals surface area contributed by atoms with Crippen molar-refractivity contribution >= 4 is 28.6 Å². The van der Waals surface area contributed by atoms with E-state index in [0.717, 1.165) is 3.58 Å². The molecule has 0 aliphatic carbocycles. The molecule has 0 aromatic rings. The summed E-state index contributed by atoms with van der Waals surface area (Å²) in [5.74, 6) is 0. The minimum absolute atomic E-state index is 0.216. The first kappa shape index (κ1) is 8.79. The monoisotopic (exact) mass is 268 g/mol. The van der Waals surface area contributed by atoms with Crippen LogP contribution in [-0.2, 0) is 9.47 Å². The highest BCUT2D eigenvalue weighted by molar-refractivity contribution is 14.1. The van der Waals surface area contributed by atoms with Crippen LogP contribution in [-0.4, -0.2) is 26.5 Å². The van der Waals surface area contributed by atoms with Crippen molar-refractivity contribution in [2.24, 2.45) is 4.99 Å². The number of halogens is 1. The Morgan fingerprint density at radius 1 is 1.64 bits per heavy atom. The second-order valence-electron chi connectivity index (χ2n) is 1.90. The zero-order chi connectivity index (χ0) is 8.27. The maximum Gasteiger partial charge on any atom is 0.291 e. The van der Waals surface area contributed by atoms with Crippen molar-refractivity contribution in [1.82, 2.24) is 5.32 Å². The predicted molar refractivity (Wildman–Crippen MR) is 50.5 cm³/mol. The van der Waals surface area contributed by atoms with Crippen molar-refractivity contribution in [2.75, 3.05) is 14.2 Å². The van der Waals surface area contributed by atoms with Gasteiger partial charge in [0.05, 0.1) is 10.7 Å². The summed E-state index contributed by atoms with van der Waals surface area (Å²) in [6.07, 6.45) is 1.59. The molecule has 1 N–H and O–H groups in total. The zero-order valence-corrected chi connectivity index (χ0v) is 8.45. The fourth-order valence-corrected chi connectivity index (χ4v) is 1.23. The number of nitrogens with zero attached hydrogens (tertiary/aromatic N) is 1. The van der Waals surface area contributed by atoms with Gasteiger partial charge in [-0.05, 0) is 22.6 Å². The average Bonchev–Trinajstić information content (AvgIpc) is 2.05. The van der Waals surface area contributed by atoms with Gasteiger partial charge in [-0.25, -0.2) is 0 Å². The van der Waals surface area contributed by atoms with Crippen LogP contribution in [0.15, 0.2) is 14.8 Å². The minimum Gasteiger partial charge on any atom is -0.468 e.